The molecular weight excluding hydrogens is 59.0 g/mol. The number of carbonyl (C=O) groups excluding carboxylic acids is 1. The zero-order valence-electron chi connectivity index (χ0n) is 2.69. The van der Waals surface area contributed by atoms with Crippen LogP contribution in [0.4, 0.5) is 0 Å². The third-order valence-corrected chi connectivity index (χ3v) is 0.167. The number of hydrogen-bond acceptors (Lipinski definition) is 1. The molecule has 1 nitrogen and oxygen atoms in total. The third kappa shape index (κ3) is 13.7. The normalized spacial score (nSPS) is 5.00. The summed E-state index contributed by atoms with van der Waals surface area (Å²) < 4.78 is 0. The summed E-state index contributed by atoms with van der Waals surface area (Å²) in [6.07, 6.45) is 1.51. The molecule has 0 heterocycles. The Labute approximate surface area is 43.9 Å². The molecule has 0 saturated heterocycles. The summed E-state index contributed by atoms with van der Waals surface area (Å²) in [5.41, 5.74) is 0. The molecule has 0 rings (SSSR count). The van der Waals surface area contributed by atoms with Crippen LogP contribution in [0.3, 0.4) is 0 Å². The summed E-state index contributed by atoms with van der Waals surface area (Å²) in [6, 6.07) is 0. The number of carbonyl (C=O) groups is 1. The molecule has 0 aromatic rings. The van der Waals surface area contributed by atoms with Gasteiger partial charge in [0.1, 0.15) is 6.29 Å². The van der Waals surface area contributed by atoms with E-state index in [1.807, 2.05) is 6.92 Å². The molecule has 0 aromatic carbocycles. The van der Waals surface area contributed by atoms with E-state index in [0.717, 1.165) is 6.29 Å². The van der Waals surface area contributed by atoms with Crippen LogP contribution in [0.1, 0.15) is 13.3 Å². The Morgan fingerprint density at radius 3 is 2.00 bits per heavy atom. The average Bonchev–Trinajstić information content (AvgIpc) is 1.37. The Hall–Kier alpha value is 0.267. The van der Waals surface area contributed by atoms with Crippen molar-refractivity contribution in [3.8, 4) is 0 Å². The monoisotopic (exact) mass is 66.1 g/mol. The predicted molar refractivity (Wildman–Crippen MR) is 23.5 cm³/mol. The predicted octanol–water partition coefficient (Wildman–Crippen LogP) is -0.0532. The quantitative estimate of drug-likeness (QED) is 0.309. The molecule has 0 amide bonds. The van der Waals surface area contributed by atoms with Crippen molar-refractivity contribution in [1.82, 2.24) is 0 Å². The van der Waals surface area contributed by atoms with Crippen molar-refractivity contribution in [1.29, 1.82) is 0 Å². The van der Waals surface area contributed by atoms with E-state index in [-0.39, 0.29) is 18.9 Å². The van der Waals surface area contributed by atoms with Crippen LogP contribution in [0.2, 0.25) is 0 Å². The van der Waals surface area contributed by atoms with Gasteiger partial charge in [-0.2, -0.15) is 0 Å². The van der Waals surface area contributed by atoms with Gasteiger partial charge in [-0.05, 0) is 0 Å². The van der Waals surface area contributed by atoms with Crippen LogP contribution in [0.5, 0.6) is 0 Å². The van der Waals surface area contributed by atoms with Gasteiger partial charge in [0.15, 0.2) is 0 Å². The molecule has 0 radical (unpaired) electrons. The fourth-order valence-electron chi connectivity index (χ4n) is 0. The standard InChI is InChI=1S/C3H6O.Li.H/c1-2-3-4;;/h3H,2H2,1H3;;. The van der Waals surface area contributed by atoms with Gasteiger partial charge < -0.3 is 4.79 Å². The van der Waals surface area contributed by atoms with E-state index < -0.39 is 0 Å². The molecule has 0 saturated carbocycles. The molecule has 0 aromatic heterocycles. The summed E-state index contributed by atoms with van der Waals surface area (Å²) in [5, 5.41) is 0. The van der Waals surface area contributed by atoms with Crippen molar-refractivity contribution >= 4 is 25.1 Å². The summed E-state index contributed by atoms with van der Waals surface area (Å²) in [6.45, 7) is 1.81. The molecule has 0 aliphatic heterocycles. The van der Waals surface area contributed by atoms with Crippen molar-refractivity contribution in [2.24, 2.45) is 0 Å². The molecule has 0 aliphatic carbocycles. The topological polar surface area (TPSA) is 17.1 Å². The van der Waals surface area contributed by atoms with Crippen LogP contribution in [0.15, 0.2) is 0 Å². The number of aldehydes is 1. The first-order chi connectivity index (χ1) is 1.91. The Morgan fingerprint density at radius 1 is 1.80 bits per heavy atom. The van der Waals surface area contributed by atoms with E-state index in [1.165, 1.54) is 0 Å². The molecule has 0 unspecified atom stereocenters. The first-order valence-electron chi connectivity index (χ1n) is 1.35. The fraction of sp³-hybridized carbons (Fsp3) is 0.667. The molecule has 0 aliphatic rings. The van der Waals surface area contributed by atoms with Gasteiger partial charge in [-0.3, -0.25) is 0 Å². The van der Waals surface area contributed by atoms with E-state index in [2.05, 4.69) is 0 Å². The van der Waals surface area contributed by atoms with E-state index in [1.54, 1.807) is 0 Å². The van der Waals surface area contributed by atoms with Crippen LogP contribution < -0.4 is 0 Å². The maximum atomic E-state index is 9.17. The van der Waals surface area contributed by atoms with Crippen LogP contribution in [0, 0.1) is 0 Å². The van der Waals surface area contributed by atoms with Crippen LogP contribution in [-0.2, 0) is 4.79 Å². The third-order valence-electron chi connectivity index (χ3n) is 0.167. The molecular formula is C3H7LiO. The minimum absolute atomic E-state index is 0. The molecule has 0 bridgehead atoms. The molecule has 0 atom stereocenters. The molecule has 5 heavy (non-hydrogen) atoms. The van der Waals surface area contributed by atoms with Crippen molar-refractivity contribution in [3.63, 3.8) is 0 Å². The van der Waals surface area contributed by atoms with E-state index in [9.17, 15) is 4.79 Å². The van der Waals surface area contributed by atoms with Gasteiger partial charge >= 0.3 is 18.9 Å². The van der Waals surface area contributed by atoms with Gasteiger partial charge in [-0.15, -0.1) is 0 Å². The Balaban J connectivity index is 0. The molecule has 0 N–H and O–H groups in total. The van der Waals surface area contributed by atoms with Crippen LogP contribution >= 0.6 is 0 Å². The Kier molecular flexibility index (Phi) is 15.9. The first kappa shape index (κ1) is 8.99. The average molecular weight is 66.0 g/mol. The number of hydrogen-bond donors (Lipinski definition) is 0. The van der Waals surface area contributed by atoms with E-state index in [0.29, 0.717) is 6.42 Å². The maximum absolute atomic E-state index is 9.17. The molecule has 26 valence electrons. The van der Waals surface area contributed by atoms with Crippen molar-refractivity contribution in [2.45, 2.75) is 13.3 Å². The number of rotatable bonds is 1. The van der Waals surface area contributed by atoms with Gasteiger partial charge in [0.25, 0.3) is 0 Å². The fourth-order valence-corrected chi connectivity index (χ4v) is 0. The summed E-state index contributed by atoms with van der Waals surface area (Å²) >= 11 is 0. The van der Waals surface area contributed by atoms with Gasteiger partial charge in [-0.1, -0.05) is 6.92 Å². The van der Waals surface area contributed by atoms with Crippen molar-refractivity contribution in [2.75, 3.05) is 0 Å². The van der Waals surface area contributed by atoms with Crippen molar-refractivity contribution in [3.05, 3.63) is 0 Å². The second-order valence-corrected chi connectivity index (χ2v) is 0.575. The van der Waals surface area contributed by atoms with Gasteiger partial charge in [0.2, 0.25) is 0 Å². The zero-order chi connectivity index (χ0) is 3.41. The summed E-state index contributed by atoms with van der Waals surface area (Å²) in [7, 11) is 0. The Bertz CT molecular complexity index is 20.9. The zero-order valence-corrected chi connectivity index (χ0v) is 2.69. The molecule has 0 spiro atoms. The van der Waals surface area contributed by atoms with Crippen LogP contribution in [-0.4, -0.2) is 25.1 Å². The first-order valence-corrected chi connectivity index (χ1v) is 1.35. The van der Waals surface area contributed by atoms with Gasteiger partial charge in [0, 0.05) is 6.42 Å². The van der Waals surface area contributed by atoms with Gasteiger partial charge in [0.05, 0.1) is 0 Å². The summed E-state index contributed by atoms with van der Waals surface area (Å²) in [5.74, 6) is 0. The minimum atomic E-state index is 0. The van der Waals surface area contributed by atoms with Gasteiger partial charge in [-0.25, -0.2) is 0 Å². The van der Waals surface area contributed by atoms with Crippen LogP contribution in [0.25, 0.3) is 0 Å². The summed E-state index contributed by atoms with van der Waals surface area (Å²) in [4.78, 5) is 9.17. The second-order valence-electron chi connectivity index (χ2n) is 0.575. The van der Waals surface area contributed by atoms with E-state index >= 15 is 0 Å². The molecule has 2 heteroatoms. The Morgan fingerprint density at radius 2 is 2.00 bits per heavy atom. The SMILES string of the molecule is CCC=O.[LiH]. The van der Waals surface area contributed by atoms with E-state index in [4.69, 9.17) is 0 Å². The second kappa shape index (κ2) is 8.86. The molecule has 0 fully saturated rings. The van der Waals surface area contributed by atoms with Crippen molar-refractivity contribution < 1.29 is 4.79 Å².